The lowest BCUT2D eigenvalue weighted by molar-refractivity contribution is -0.122. The Morgan fingerprint density at radius 1 is 1.03 bits per heavy atom. The molecule has 4 aromatic rings. The minimum atomic E-state index is -0.619. The molecule has 0 saturated carbocycles. The van der Waals surface area contributed by atoms with Gasteiger partial charge in [-0.25, -0.2) is 4.98 Å². The third kappa shape index (κ3) is 5.26. The predicted molar refractivity (Wildman–Crippen MR) is 131 cm³/mol. The summed E-state index contributed by atoms with van der Waals surface area (Å²) in [5, 5.41) is 2.91. The van der Waals surface area contributed by atoms with Gasteiger partial charge in [0.25, 0.3) is 11.5 Å². The minimum Gasteiger partial charge on any atom is -0.487 e. The lowest BCUT2D eigenvalue weighted by atomic mass is 10.2. The standard InChI is InChI=1S/C27H27N3O4/c1-4-23(34-22-10-6-5-7-11-22)27(32)29-20-13-12-18(2)24(15-20)33-17-21-16-25(31)30-14-8-9-19(3)26(30)28-21/h5-16,23H,4,17H2,1-3H3,(H,29,32)/t23-/m0/s1. The Kier molecular flexibility index (Phi) is 6.92. The first-order valence-electron chi connectivity index (χ1n) is 11.2. The van der Waals surface area contributed by atoms with Crippen molar-refractivity contribution in [2.24, 2.45) is 0 Å². The number of para-hydroxylation sites is 1. The highest BCUT2D eigenvalue weighted by atomic mass is 16.5. The van der Waals surface area contributed by atoms with Crippen LogP contribution in [-0.2, 0) is 11.4 Å². The fourth-order valence-corrected chi connectivity index (χ4v) is 3.58. The third-order valence-electron chi connectivity index (χ3n) is 5.46. The molecule has 1 atom stereocenters. The number of pyridine rings is 1. The number of ether oxygens (including phenoxy) is 2. The SMILES string of the molecule is CC[C@H](Oc1ccccc1)C(=O)Nc1ccc(C)c(OCc2cc(=O)n3cccc(C)c3n2)c1. The first-order chi connectivity index (χ1) is 16.4. The summed E-state index contributed by atoms with van der Waals surface area (Å²) in [7, 11) is 0. The van der Waals surface area contributed by atoms with E-state index in [1.807, 2.05) is 75.4 Å². The van der Waals surface area contributed by atoms with Crippen molar-refractivity contribution in [2.45, 2.75) is 39.9 Å². The second-order valence-electron chi connectivity index (χ2n) is 8.06. The molecule has 1 N–H and O–H groups in total. The second kappa shape index (κ2) is 10.2. The number of carbonyl (C=O) groups is 1. The van der Waals surface area contributed by atoms with E-state index < -0.39 is 6.10 Å². The number of benzene rings is 2. The number of nitrogens with zero attached hydrogens (tertiary/aromatic N) is 2. The van der Waals surface area contributed by atoms with Crippen molar-refractivity contribution in [1.82, 2.24) is 9.38 Å². The number of anilines is 1. The summed E-state index contributed by atoms with van der Waals surface area (Å²) >= 11 is 0. The summed E-state index contributed by atoms with van der Waals surface area (Å²) < 4.78 is 13.3. The topological polar surface area (TPSA) is 81.9 Å². The van der Waals surface area contributed by atoms with Crippen molar-refractivity contribution in [3.05, 3.63) is 100 Å². The van der Waals surface area contributed by atoms with Crippen LogP contribution in [0.3, 0.4) is 0 Å². The highest BCUT2D eigenvalue weighted by Crippen LogP contribution is 2.24. The third-order valence-corrected chi connectivity index (χ3v) is 5.46. The number of hydrogen-bond donors (Lipinski definition) is 1. The average molecular weight is 458 g/mol. The van der Waals surface area contributed by atoms with Gasteiger partial charge in [-0.2, -0.15) is 0 Å². The largest absolute Gasteiger partial charge is 0.487 e. The molecule has 0 aliphatic carbocycles. The van der Waals surface area contributed by atoms with Gasteiger partial charge >= 0.3 is 0 Å². The molecular weight excluding hydrogens is 430 g/mol. The molecule has 1 amide bonds. The van der Waals surface area contributed by atoms with E-state index in [2.05, 4.69) is 10.3 Å². The van der Waals surface area contributed by atoms with E-state index in [1.165, 1.54) is 10.5 Å². The number of carbonyl (C=O) groups excluding carboxylic acids is 1. The molecule has 0 saturated heterocycles. The van der Waals surface area contributed by atoms with Crippen LogP contribution in [0.2, 0.25) is 0 Å². The normalized spacial score (nSPS) is 11.7. The number of aryl methyl sites for hydroxylation is 2. The summed E-state index contributed by atoms with van der Waals surface area (Å²) in [6, 6.07) is 19.9. The predicted octanol–water partition coefficient (Wildman–Crippen LogP) is 4.69. The first kappa shape index (κ1) is 23.0. The van der Waals surface area contributed by atoms with E-state index in [0.717, 1.165) is 11.1 Å². The molecular formula is C27H27N3O4. The van der Waals surface area contributed by atoms with Crippen LogP contribution in [0.15, 0.2) is 77.7 Å². The molecule has 0 fully saturated rings. The highest BCUT2D eigenvalue weighted by Gasteiger charge is 2.19. The van der Waals surface area contributed by atoms with Crippen LogP contribution in [0.5, 0.6) is 11.5 Å². The molecule has 0 aliphatic rings. The zero-order chi connectivity index (χ0) is 24.1. The van der Waals surface area contributed by atoms with Gasteiger partial charge in [0.1, 0.15) is 23.8 Å². The maximum atomic E-state index is 12.8. The zero-order valence-corrected chi connectivity index (χ0v) is 19.4. The van der Waals surface area contributed by atoms with Crippen LogP contribution < -0.4 is 20.3 Å². The number of aromatic nitrogens is 2. The maximum Gasteiger partial charge on any atom is 0.265 e. The van der Waals surface area contributed by atoms with Crippen molar-refractivity contribution in [3.8, 4) is 11.5 Å². The number of amides is 1. The molecule has 0 radical (unpaired) electrons. The molecule has 7 heteroatoms. The first-order valence-corrected chi connectivity index (χ1v) is 11.2. The van der Waals surface area contributed by atoms with Crippen molar-refractivity contribution in [1.29, 1.82) is 0 Å². The molecule has 2 heterocycles. The van der Waals surface area contributed by atoms with Gasteiger partial charge in [0.15, 0.2) is 6.10 Å². The van der Waals surface area contributed by atoms with E-state index in [1.54, 1.807) is 12.3 Å². The maximum absolute atomic E-state index is 12.8. The van der Waals surface area contributed by atoms with Gasteiger partial charge < -0.3 is 14.8 Å². The Morgan fingerprint density at radius 3 is 2.59 bits per heavy atom. The molecule has 0 spiro atoms. The van der Waals surface area contributed by atoms with Crippen LogP contribution in [0.25, 0.3) is 5.65 Å². The van der Waals surface area contributed by atoms with Crippen LogP contribution in [0, 0.1) is 13.8 Å². The van der Waals surface area contributed by atoms with E-state index in [-0.39, 0.29) is 18.1 Å². The van der Waals surface area contributed by atoms with Crippen LogP contribution >= 0.6 is 0 Å². The fourth-order valence-electron chi connectivity index (χ4n) is 3.58. The molecule has 2 aromatic heterocycles. The Labute approximate surface area is 198 Å². The van der Waals surface area contributed by atoms with Gasteiger partial charge in [0.05, 0.1) is 5.69 Å². The van der Waals surface area contributed by atoms with Gasteiger partial charge in [-0.1, -0.05) is 37.3 Å². The lowest BCUT2D eigenvalue weighted by Crippen LogP contribution is -2.32. The molecule has 0 bridgehead atoms. The van der Waals surface area contributed by atoms with Crippen molar-refractivity contribution < 1.29 is 14.3 Å². The Balaban J connectivity index is 1.47. The Hall–Kier alpha value is -4.13. The highest BCUT2D eigenvalue weighted by molar-refractivity contribution is 5.94. The van der Waals surface area contributed by atoms with Crippen LogP contribution in [0.1, 0.15) is 30.2 Å². The molecule has 2 aromatic carbocycles. The molecule has 4 rings (SSSR count). The van der Waals surface area contributed by atoms with E-state index in [9.17, 15) is 9.59 Å². The van der Waals surface area contributed by atoms with Gasteiger partial charge in [-0.3, -0.25) is 14.0 Å². The van der Waals surface area contributed by atoms with E-state index in [4.69, 9.17) is 9.47 Å². The van der Waals surface area contributed by atoms with Gasteiger partial charge in [-0.05, 0) is 55.7 Å². The second-order valence-corrected chi connectivity index (χ2v) is 8.06. The molecule has 34 heavy (non-hydrogen) atoms. The summed E-state index contributed by atoms with van der Waals surface area (Å²) in [5.74, 6) is 1.01. The van der Waals surface area contributed by atoms with E-state index >= 15 is 0 Å². The quantitative estimate of drug-likeness (QED) is 0.415. The monoisotopic (exact) mass is 457 g/mol. The van der Waals surface area contributed by atoms with E-state index in [0.29, 0.717) is 34.9 Å². The average Bonchev–Trinajstić information content (AvgIpc) is 2.84. The molecule has 7 nitrogen and oxygen atoms in total. The van der Waals surface area contributed by atoms with Crippen LogP contribution in [0.4, 0.5) is 5.69 Å². The van der Waals surface area contributed by atoms with Crippen molar-refractivity contribution in [3.63, 3.8) is 0 Å². The molecule has 0 aliphatic heterocycles. The van der Waals surface area contributed by atoms with Crippen molar-refractivity contribution in [2.75, 3.05) is 5.32 Å². The summed E-state index contributed by atoms with van der Waals surface area (Å²) in [6.07, 6.45) is 1.61. The summed E-state index contributed by atoms with van der Waals surface area (Å²) in [4.78, 5) is 29.8. The summed E-state index contributed by atoms with van der Waals surface area (Å²) in [6.45, 7) is 5.86. The molecule has 174 valence electrons. The van der Waals surface area contributed by atoms with Crippen molar-refractivity contribution >= 4 is 17.2 Å². The smallest absolute Gasteiger partial charge is 0.265 e. The minimum absolute atomic E-state index is 0.132. The van der Waals surface area contributed by atoms with Gasteiger partial charge in [0, 0.05) is 24.0 Å². The number of rotatable bonds is 8. The number of fused-ring (bicyclic) bond motifs is 1. The van der Waals surface area contributed by atoms with Gasteiger partial charge in [0.2, 0.25) is 0 Å². The number of nitrogens with one attached hydrogen (secondary N) is 1. The Bertz CT molecular complexity index is 1370. The fraction of sp³-hybridized carbons (Fsp3) is 0.222. The van der Waals surface area contributed by atoms with Crippen LogP contribution in [-0.4, -0.2) is 21.4 Å². The summed E-state index contributed by atoms with van der Waals surface area (Å²) in [5.41, 5.74) is 3.40. The van der Waals surface area contributed by atoms with Gasteiger partial charge in [-0.15, -0.1) is 0 Å². The zero-order valence-electron chi connectivity index (χ0n) is 19.4. The Morgan fingerprint density at radius 2 is 1.82 bits per heavy atom. The molecule has 0 unspecified atom stereocenters. The lowest BCUT2D eigenvalue weighted by Gasteiger charge is -2.18. The number of hydrogen-bond acceptors (Lipinski definition) is 5.